The number of aliphatic hydroxyl groups is 1. The number of hydrogen-bond donors (Lipinski definition) is 2. The van der Waals surface area contributed by atoms with Crippen molar-refractivity contribution in [2.24, 2.45) is 5.41 Å². The van der Waals surface area contributed by atoms with Crippen LogP contribution in [0.2, 0.25) is 0 Å². The summed E-state index contributed by atoms with van der Waals surface area (Å²) in [4.78, 5) is 0. The molecule has 0 radical (unpaired) electrons. The summed E-state index contributed by atoms with van der Waals surface area (Å²) in [6.07, 6.45) is 0.436. The Labute approximate surface area is 103 Å². The number of nitrogens with one attached hydrogen (secondary N) is 1. The van der Waals surface area contributed by atoms with Gasteiger partial charge in [-0.1, -0.05) is 44.2 Å². The van der Waals surface area contributed by atoms with E-state index in [4.69, 9.17) is 5.26 Å². The SMILES string of the molecule is CC(C)(CO)CNC(CC#N)c1ccccc1. The van der Waals surface area contributed by atoms with E-state index in [9.17, 15) is 5.11 Å². The van der Waals surface area contributed by atoms with Crippen molar-refractivity contribution in [3.05, 3.63) is 35.9 Å². The van der Waals surface area contributed by atoms with Gasteiger partial charge in [0.2, 0.25) is 0 Å². The molecule has 0 fully saturated rings. The second-order valence-electron chi connectivity index (χ2n) is 5.03. The van der Waals surface area contributed by atoms with Crippen LogP contribution in [0.5, 0.6) is 0 Å². The highest BCUT2D eigenvalue weighted by atomic mass is 16.3. The Kier molecular flexibility index (Phi) is 5.14. The van der Waals surface area contributed by atoms with Gasteiger partial charge in [-0.25, -0.2) is 0 Å². The average molecular weight is 232 g/mol. The zero-order valence-electron chi connectivity index (χ0n) is 10.5. The van der Waals surface area contributed by atoms with Crippen LogP contribution in [0.15, 0.2) is 30.3 Å². The van der Waals surface area contributed by atoms with Crippen LogP contribution in [0.4, 0.5) is 0 Å². The Morgan fingerprint density at radius 3 is 2.53 bits per heavy atom. The van der Waals surface area contributed by atoms with E-state index in [1.54, 1.807) is 0 Å². The number of rotatable bonds is 6. The van der Waals surface area contributed by atoms with E-state index in [1.165, 1.54) is 0 Å². The summed E-state index contributed by atoms with van der Waals surface area (Å²) < 4.78 is 0. The molecule has 0 amide bonds. The van der Waals surface area contributed by atoms with E-state index < -0.39 is 0 Å². The third-order valence-electron chi connectivity index (χ3n) is 2.75. The van der Waals surface area contributed by atoms with E-state index in [-0.39, 0.29) is 18.1 Å². The zero-order valence-corrected chi connectivity index (χ0v) is 10.5. The first-order chi connectivity index (χ1) is 8.09. The molecule has 0 saturated carbocycles. The summed E-state index contributed by atoms with van der Waals surface area (Å²) in [5.41, 5.74) is 0.949. The van der Waals surface area contributed by atoms with Crippen molar-refractivity contribution >= 4 is 0 Å². The van der Waals surface area contributed by atoms with Gasteiger partial charge in [0.1, 0.15) is 0 Å². The first-order valence-corrected chi connectivity index (χ1v) is 5.85. The zero-order chi connectivity index (χ0) is 12.7. The van der Waals surface area contributed by atoms with Crippen LogP contribution < -0.4 is 5.32 Å². The smallest absolute Gasteiger partial charge is 0.0641 e. The molecule has 17 heavy (non-hydrogen) atoms. The molecule has 0 aliphatic carbocycles. The third-order valence-corrected chi connectivity index (χ3v) is 2.75. The first kappa shape index (κ1) is 13.7. The van der Waals surface area contributed by atoms with Gasteiger partial charge < -0.3 is 10.4 Å². The first-order valence-electron chi connectivity index (χ1n) is 5.85. The second-order valence-corrected chi connectivity index (χ2v) is 5.03. The van der Waals surface area contributed by atoms with Crippen molar-refractivity contribution in [3.8, 4) is 6.07 Å². The monoisotopic (exact) mass is 232 g/mol. The molecule has 1 rings (SSSR count). The molecule has 0 spiro atoms. The lowest BCUT2D eigenvalue weighted by molar-refractivity contribution is 0.153. The summed E-state index contributed by atoms with van der Waals surface area (Å²) in [6, 6.07) is 12.2. The predicted molar refractivity (Wildman–Crippen MR) is 68.3 cm³/mol. The van der Waals surface area contributed by atoms with Gasteiger partial charge in [-0.2, -0.15) is 5.26 Å². The molecular formula is C14H20N2O. The van der Waals surface area contributed by atoms with E-state index in [1.807, 2.05) is 44.2 Å². The quantitative estimate of drug-likeness (QED) is 0.791. The van der Waals surface area contributed by atoms with Crippen LogP contribution >= 0.6 is 0 Å². The molecule has 0 aliphatic rings. The fourth-order valence-corrected chi connectivity index (χ4v) is 1.54. The number of nitrogens with zero attached hydrogens (tertiary/aromatic N) is 1. The van der Waals surface area contributed by atoms with E-state index in [0.29, 0.717) is 13.0 Å². The maximum atomic E-state index is 9.20. The van der Waals surface area contributed by atoms with E-state index >= 15 is 0 Å². The molecular weight excluding hydrogens is 212 g/mol. The molecule has 3 nitrogen and oxygen atoms in total. The van der Waals surface area contributed by atoms with Crippen LogP contribution in [0.1, 0.15) is 31.9 Å². The van der Waals surface area contributed by atoms with E-state index in [0.717, 1.165) is 5.56 Å². The molecule has 0 aromatic heterocycles. The Bertz CT molecular complexity index is 368. The van der Waals surface area contributed by atoms with Crippen LogP contribution in [-0.4, -0.2) is 18.3 Å². The lowest BCUT2D eigenvalue weighted by atomic mass is 9.93. The minimum atomic E-state index is -0.164. The molecule has 1 aromatic rings. The van der Waals surface area contributed by atoms with Crippen molar-refractivity contribution in [1.82, 2.24) is 5.32 Å². The van der Waals surface area contributed by atoms with Crippen molar-refractivity contribution in [3.63, 3.8) is 0 Å². The summed E-state index contributed by atoms with van der Waals surface area (Å²) in [6.45, 7) is 4.81. The maximum absolute atomic E-state index is 9.20. The molecule has 3 heteroatoms. The van der Waals surface area contributed by atoms with Gasteiger partial charge in [-0.3, -0.25) is 0 Å². The summed E-state index contributed by atoms with van der Waals surface area (Å²) in [5.74, 6) is 0. The van der Waals surface area contributed by atoms with Crippen LogP contribution in [0.3, 0.4) is 0 Å². The van der Waals surface area contributed by atoms with Gasteiger partial charge in [0.15, 0.2) is 0 Å². The fourth-order valence-electron chi connectivity index (χ4n) is 1.54. The van der Waals surface area contributed by atoms with Gasteiger partial charge in [0.25, 0.3) is 0 Å². The van der Waals surface area contributed by atoms with Crippen LogP contribution in [0.25, 0.3) is 0 Å². The normalized spacial score (nSPS) is 13.1. The number of benzene rings is 1. The molecule has 1 atom stereocenters. The van der Waals surface area contributed by atoms with Gasteiger partial charge >= 0.3 is 0 Å². The second kappa shape index (κ2) is 6.39. The number of hydrogen-bond acceptors (Lipinski definition) is 3. The lowest BCUT2D eigenvalue weighted by Gasteiger charge is -2.25. The van der Waals surface area contributed by atoms with Crippen LogP contribution in [-0.2, 0) is 0 Å². The van der Waals surface area contributed by atoms with Gasteiger partial charge in [-0.15, -0.1) is 0 Å². The van der Waals surface area contributed by atoms with Crippen molar-refractivity contribution in [1.29, 1.82) is 5.26 Å². The lowest BCUT2D eigenvalue weighted by Crippen LogP contribution is -2.34. The fraction of sp³-hybridized carbons (Fsp3) is 0.500. The van der Waals surface area contributed by atoms with Crippen molar-refractivity contribution < 1.29 is 5.11 Å². The molecule has 0 aliphatic heterocycles. The topological polar surface area (TPSA) is 56.0 Å². The Morgan fingerprint density at radius 2 is 2.00 bits per heavy atom. The summed E-state index contributed by atoms with van der Waals surface area (Å²) in [5, 5.41) is 21.4. The third kappa shape index (κ3) is 4.56. The van der Waals surface area contributed by atoms with E-state index in [2.05, 4.69) is 11.4 Å². The molecule has 2 N–H and O–H groups in total. The Balaban J connectivity index is 2.66. The highest BCUT2D eigenvalue weighted by molar-refractivity contribution is 5.19. The van der Waals surface area contributed by atoms with Crippen LogP contribution in [0, 0.1) is 16.7 Å². The average Bonchev–Trinajstić information content (AvgIpc) is 2.35. The molecule has 0 heterocycles. The highest BCUT2D eigenvalue weighted by Crippen LogP contribution is 2.19. The summed E-state index contributed by atoms with van der Waals surface area (Å²) >= 11 is 0. The molecule has 92 valence electrons. The molecule has 1 unspecified atom stereocenters. The largest absolute Gasteiger partial charge is 0.396 e. The number of aliphatic hydroxyl groups excluding tert-OH is 1. The minimum Gasteiger partial charge on any atom is -0.396 e. The van der Waals surface area contributed by atoms with Crippen molar-refractivity contribution in [2.45, 2.75) is 26.3 Å². The highest BCUT2D eigenvalue weighted by Gasteiger charge is 2.19. The van der Waals surface area contributed by atoms with Crippen molar-refractivity contribution in [2.75, 3.05) is 13.2 Å². The minimum absolute atomic E-state index is 0.0343. The van der Waals surface area contributed by atoms with Gasteiger partial charge in [0, 0.05) is 24.6 Å². The van der Waals surface area contributed by atoms with Gasteiger partial charge in [-0.05, 0) is 5.56 Å². The predicted octanol–water partition coefficient (Wildman–Crippen LogP) is 2.25. The summed E-state index contributed by atoms with van der Waals surface area (Å²) in [7, 11) is 0. The maximum Gasteiger partial charge on any atom is 0.0641 e. The molecule has 0 bridgehead atoms. The number of nitriles is 1. The Morgan fingerprint density at radius 1 is 1.35 bits per heavy atom. The standard InChI is InChI=1S/C14H20N2O/c1-14(2,11-17)10-16-13(8-9-15)12-6-4-3-5-7-12/h3-7,13,16-17H,8,10-11H2,1-2H3. The van der Waals surface area contributed by atoms with Gasteiger partial charge in [0.05, 0.1) is 12.5 Å². The molecule has 0 saturated heterocycles. The Hall–Kier alpha value is -1.37. The molecule has 1 aromatic carbocycles.